The number of hydrogen-bond acceptors (Lipinski definition) is 6. The Morgan fingerprint density at radius 1 is 1.24 bits per heavy atom. The van der Waals surface area contributed by atoms with Crippen LogP contribution in [0.2, 0.25) is 0 Å². The summed E-state index contributed by atoms with van der Waals surface area (Å²) in [5, 5.41) is 29.9. The first-order valence-corrected chi connectivity index (χ1v) is 13.0. The highest BCUT2D eigenvalue weighted by Crippen LogP contribution is 2.35. The van der Waals surface area contributed by atoms with Gasteiger partial charge in [0, 0.05) is 6.20 Å². The largest absolute Gasteiger partial charge is 0.507 e. The van der Waals surface area contributed by atoms with Crippen LogP contribution < -0.4 is 0 Å². The number of aromatic nitrogens is 1. The van der Waals surface area contributed by atoms with Crippen LogP contribution in [0, 0.1) is 13.8 Å². The van der Waals surface area contributed by atoms with Gasteiger partial charge in [-0.3, -0.25) is 4.98 Å². The Labute approximate surface area is 196 Å². The lowest BCUT2D eigenvalue weighted by Crippen LogP contribution is -2.29. The normalized spacial score (nSPS) is 19.2. The Hall–Kier alpha value is -2.48. The van der Waals surface area contributed by atoms with Crippen molar-refractivity contribution in [1.82, 2.24) is 4.98 Å². The van der Waals surface area contributed by atoms with Crippen molar-refractivity contribution in [2.24, 2.45) is 0 Å². The molecule has 0 spiro atoms. The summed E-state index contributed by atoms with van der Waals surface area (Å²) in [5.41, 5.74) is 5.34. The third kappa shape index (κ3) is 5.72. The molecule has 0 saturated carbocycles. The predicted molar refractivity (Wildman–Crippen MR) is 132 cm³/mol. The van der Waals surface area contributed by atoms with Crippen molar-refractivity contribution >= 4 is 21.5 Å². The molecule has 0 amide bonds. The number of rotatable bonds is 9. The third-order valence-corrected chi connectivity index (χ3v) is 8.20. The summed E-state index contributed by atoms with van der Waals surface area (Å²) in [5.74, 6) is 0.183. The second kappa shape index (κ2) is 10.6. The van der Waals surface area contributed by atoms with E-state index in [1.165, 1.54) is 0 Å². The molecule has 0 aliphatic carbocycles. The van der Waals surface area contributed by atoms with Crippen LogP contribution in [-0.4, -0.2) is 52.4 Å². The average Bonchev–Trinajstić information content (AvgIpc) is 3.04. The molecule has 1 aromatic heterocycles. The SMILES string of the molecule is CCCC1=C([C@H](O)CC/C(=C/c2cc(C)c(O)c(C)c2)c2ccccn2)[C@H](CO)S(=O)(=O)C1. The number of sulfone groups is 1. The summed E-state index contributed by atoms with van der Waals surface area (Å²) in [6.45, 7) is 5.15. The maximum Gasteiger partial charge on any atom is 0.163 e. The van der Waals surface area contributed by atoms with Crippen molar-refractivity contribution in [1.29, 1.82) is 0 Å². The van der Waals surface area contributed by atoms with E-state index in [2.05, 4.69) is 4.98 Å². The van der Waals surface area contributed by atoms with E-state index in [0.717, 1.165) is 40.0 Å². The number of aliphatic hydroxyl groups excluding tert-OH is 2. The molecule has 178 valence electrons. The minimum atomic E-state index is -3.49. The van der Waals surface area contributed by atoms with Crippen molar-refractivity contribution in [2.45, 2.75) is 57.8 Å². The van der Waals surface area contributed by atoms with E-state index in [1.54, 1.807) is 6.20 Å². The van der Waals surface area contributed by atoms with Crippen LogP contribution in [0.25, 0.3) is 11.6 Å². The van der Waals surface area contributed by atoms with Crippen molar-refractivity contribution < 1.29 is 23.7 Å². The first-order valence-electron chi connectivity index (χ1n) is 11.3. The number of allylic oxidation sites excluding steroid dienone is 1. The molecule has 33 heavy (non-hydrogen) atoms. The summed E-state index contributed by atoms with van der Waals surface area (Å²) in [4.78, 5) is 4.46. The number of phenols is 1. The molecule has 0 fully saturated rings. The molecule has 3 N–H and O–H groups in total. The molecule has 3 rings (SSSR count). The standard InChI is InChI=1S/C26H33NO5S/c1-4-7-21-16-33(31,32)24(15-28)25(21)23(29)10-9-20(22-8-5-6-11-27-22)14-19-12-17(2)26(30)18(3)13-19/h5-6,8,11-14,23-24,28-30H,4,7,9-10,15-16H2,1-3H3/b20-14-/t23-,24+/m1/s1. The highest BCUT2D eigenvalue weighted by Gasteiger charge is 2.40. The van der Waals surface area contributed by atoms with Gasteiger partial charge in [-0.25, -0.2) is 8.42 Å². The summed E-state index contributed by atoms with van der Waals surface area (Å²) in [7, 11) is -3.49. The number of benzene rings is 1. The zero-order valence-corrected chi connectivity index (χ0v) is 20.3. The lowest BCUT2D eigenvalue weighted by atomic mass is 9.92. The lowest BCUT2D eigenvalue weighted by molar-refractivity contribution is 0.190. The molecule has 0 unspecified atom stereocenters. The Morgan fingerprint density at radius 2 is 1.94 bits per heavy atom. The first kappa shape index (κ1) is 25.1. The number of hydrogen-bond donors (Lipinski definition) is 3. The first-order chi connectivity index (χ1) is 15.7. The Kier molecular flexibility index (Phi) is 8.10. The van der Waals surface area contributed by atoms with Crippen LogP contribution in [-0.2, 0) is 9.84 Å². The third-order valence-electron chi connectivity index (χ3n) is 6.18. The number of nitrogens with zero attached hydrogens (tertiary/aromatic N) is 1. The maximum atomic E-state index is 12.5. The van der Waals surface area contributed by atoms with Crippen LogP contribution in [0.3, 0.4) is 0 Å². The van der Waals surface area contributed by atoms with E-state index >= 15 is 0 Å². The molecule has 2 atom stereocenters. The van der Waals surface area contributed by atoms with Crippen LogP contribution in [0.1, 0.15) is 55.0 Å². The topological polar surface area (TPSA) is 108 Å². The minimum absolute atomic E-state index is 0.0898. The van der Waals surface area contributed by atoms with Crippen molar-refractivity contribution in [3.8, 4) is 5.75 Å². The molecule has 2 aromatic rings. The molecule has 2 heterocycles. The van der Waals surface area contributed by atoms with Crippen LogP contribution in [0.4, 0.5) is 0 Å². The zero-order valence-electron chi connectivity index (χ0n) is 19.5. The van der Waals surface area contributed by atoms with Gasteiger partial charge < -0.3 is 15.3 Å². The number of aromatic hydroxyl groups is 1. The molecule has 0 saturated heterocycles. The van der Waals surface area contributed by atoms with E-state index in [-0.39, 0.29) is 11.5 Å². The molecule has 1 aliphatic rings. The van der Waals surface area contributed by atoms with Crippen LogP contribution >= 0.6 is 0 Å². The second-order valence-corrected chi connectivity index (χ2v) is 10.9. The van der Waals surface area contributed by atoms with Crippen molar-refractivity contribution in [3.63, 3.8) is 0 Å². The van der Waals surface area contributed by atoms with E-state index in [9.17, 15) is 23.7 Å². The molecular formula is C26H33NO5S. The monoisotopic (exact) mass is 471 g/mol. The van der Waals surface area contributed by atoms with Crippen LogP contribution in [0.5, 0.6) is 5.75 Å². The lowest BCUT2D eigenvalue weighted by Gasteiger charge is -2.20. The van der Waals surface area contributed by atoms with Gasteiger partial charge in [0.05, 0.1) is 24.2 Å². The van der Waals surface area contributed by atoms with E-state index < -0.39 is 27.8 Å². The van der Waals surface area contributed by atoms with Gasteiger partial charge in [0.1, 0.15) is 11.0 Å². The van der Waals surface area contributed by atoms with Gasteiger partial charge >= 0.3 is 0 Å². The maximum absolute atomic E-state index is 12.5. The number of aliphatic hydroxyl groups is 2. The molecule has 1 aromatic carbocycles. The van der Waals surface area contributed by atoms with Gasteiger partial charge in [0.15, 0.2) is 9.84 Å². The van der Waals surface area contributed by atoms with Gasteiger partial charge in [-0.1, -0.05) is 25.0 Å². The molecule has 0 bridgehead atoms. The Bertz CT molecular complexity index is 1130. The Morgan fingerprint density at radius 3 is 2.52 bits per heavy atom. The summed E-state index contributed by atoms with van der Waals surface area (Å²) < 4.78 is 25.1. The number of aryl methyl sites for hydroxylation is 2. The number of pyridine rings is 1. The Balaban J connectivity index is 1.92. The predicted octanol–water partition coefficient (Wildman–Crippen LogP) is 3.97. The van der Waals surface area contributed by atoms with E-state index in [1.807, 2.05) is 57.2 Å². The molecule has 1 aliphatic heterocycles. The van der Waals surface area contributed by atoms with Gasteiger partial charge in [0.2, 0.25) is 0 Å². The van der Waals surface area contributed by atoms with E-state index in [4.69, 9.17) is 0 Å². The van der Waals surface area contributed by atoms with E-state index in [0.29, 0.717) is 24.8 Å². The highest BCUT2D eigenvalue weighted by atomic mass is 32.2. The highest BCUT2D eigenvalue weighted by molar-refractivity contribution is 7.92. The fourth-order valence-electron chi connectivity index (χ4n) is 4.58. The van der Waals surface area contributed by atoms with Gasteiger partial charge in [-0.05, 0) is 91.3 Å². The quantitative estimate of drug-likeness (QED) is 0.478. The smallest absolute Gasteiger partial charge is 0.163 e. The van der Waals surface area contributed by atoms with Gasteiger partial charge in [-0.15, -0.1) is 0 Å². The number of phenolic OH excluding ortho intramolecular Hbond substituents is 1. The minimum Gasteiger partial charge on any atom is -0.507 e. The average molecular weight is 472 g/mol. The molecule has 6 nitrogen and oxygen atoms in total. The molecule has 7 heteroatoms. The van der Waals surface area contributed by atoms with Gasteiger partial charge in [0.25, 0.3) is 0 Å². The fraction of sp³-hybridized carbons (Fsp3) is 0.423. The van der Waals surface area contributed by atoms with Crippen molar-refractivity contribution in [2.75, 3.05) is 12.4 Å². The van der Waals surface area contributed by atoms with Crippen molar-refractivity contribution in [3.05, 3.63) is 70.1 Å². The zero-order chi connectivity index (χ0) is 24.2. The summed E-state index contributed by atoms with van der Waals surface area (Å²) >= 11 is 0. The second-order valence-electron chi connectivity index (χ2n) is 8.73. The van der Waals surface area contributed by atoms with Gasteiger partial charge in [-0.2, -0.15) is 0 Å². The fourth-order valence-corrected chi connectivity index (χ4v) is 6.51. The molecular weight excluding hydrogens is 438 g/mol. The summed E-state index contributed by atoms with van der Waals surface area (Å²) in [6, 6.07) is 9.43. The molecule has 0 radical (unpaired) electrons. The van der Waals surface area contributed by atoms with Crippen LogP contribution in [0.15, 0.2) is 47.7 Å². The summed E-state index contributed by atoms with van der Waals surface area (Å²) in [6.07, 6.45) is 4.89.